The largest absolute Gasteiger partial charge is 0.452 e. The maximum Gasteiger partial charge on any atom is 0.203 e. The zero-order valence-electron chi connectivity index (χ0n) is 9.79. The molecule has 2 rings (SSSR count). The molecule has 0 amide bonds. The van der Waals surface area contributed by atoms with Crippen molar-refractivity contribution in [2.75, 3.05) is 0 Å². The summed E-state index contributed by atoms with van der Waals surface area (Å²) in [5.41, 5.74) is 3.76. The fraction of sp³-hybridized carbons (Fsp3) is 0.214. The predicted octanol–water partition coefficient (Wildman–Crippen LogP) is 3.98. The third kappa shape index (κ3) is 2.42. The van der Waals surface area contributed by atoms with Crippen molar-refractivity contribution >= 4 is 17.4 Å². The first-order valence-electron chi connectivity index (χ1n) is 5.41. The average molecular weight is 249 g/mol. The maximum absolute atomic E-state index is 12.1. The molecule has 17 heavy (non-hydrogen) atoms. The molecule has 2 nitrogen and oxygen atoms in total. The molecule has 0 saturated heterocycles. The van der Waals surface area contributed by atoms with Crippen LogP contribution in [-0.4, -0.2) is 5.78 Å². The fourth-order valence-corrected chi connectivity index (χ4v) is 2.10. The fourth-order valence-electron chi connectivity index (χ4n) is 1.88. The number of carbonyl (C=O) groups excluding carboxylic acids is 1. The van der Waals surface area contributed by atoms with Crippen LogP contribution in [0.4, 0.5) is 0 Å². The second kappa shape index (κ2) is 4.76. The summed E-state index contributed by atoms with van der Waals surface area (Å²) in [5, 5.41) is 0.168. The van der Waals surface area contributed by atoms with Crippen LogP contribution in [0.3, 0.4) is 0 Å². The molecule has 0 unspecified atom stereocenters. The van der Waals surface area contributed by atoms with Gasteiger partial charge in [-0.2, -0.15) is 0 Å². The standard InChI is InChI=1S/C14H13ClO2/c1-9-4-3-5-10(2)12(9)8-13(16)11-6-7-17-14(11)15/h3-7H,8H2,1-2H3. The van der Waals surface area contributed by atoms with Gasteiger partial charge in [-0.15, -0.1) is 0 Å². The number of carbonyl (C=O) groups is 1. The Hall–Kier alpha value is -1.54. The summed E-state index contributed by atoms with van der Waals surface area (Å²) >= 11 is 5.79. The van der Waals surface area contributed by atoms with Gasteiger partial charge in [-0.05, 0) is 48.2 Å². The molecule has 0 fully saturated rings. The van der Waals surface area contributed by atoms with Gasteiger partial charge in [0.05, 0.1) is 11.8 Å². The van der Waals surface area contributed by atoms with E-state index < -0.39 is 0 Å². The Morgan fingerprint density at radius 1 is 1.24 bits per heavy atom. The lowest BCUT2D eigenvalue weighted by atomic mass is 9.96. The molecule has 88 valence electrons. The van der Waals surface area contributed by atoms with Crippen molar-refractivity contribution < 1.29 is 9.21 Å². The highest BCUT2D eigenvalue weighted by Crippen LogP contribution is 2.21. The van der Waals surface area contributed by atoms with E-state index in [1.54, 1.807) is 6.07 Å². The van der Waals surface area contributed by atoms with Crippen LogP contribution in [-0.2, 0) is 6.42 Å². The Bertz CT molecular complexity index is 535. The summed E-state index contributed by atoms with van der Waals surface area (Å²) in [6.45, 7) is 4.01. The van der Waals surface area contributed by atoms with Crippen molar-refractivity contribution in [3.63, 3.8) is 0 Å². The molecule has 0 bridgehead atoms. The van der Waals surface area contributed by atoms with Gasteiger partial charge in [0.15, 0.2) is 5.78 Å². The van der Waals surface area contributed by atoms with E-state index in [1.165, 1.54) is 6.26 Å². The Morgan fingerprint density at radius 3 is 2.41 bits per heavy atom. The van der Waals surface area contributed by atoms with Crippen molar-refractivity contribution in [1.29, 1.82) is 0 Å². The Kier molecular flexibility index (Phi) is 3.34. The molecule has 0 saturated carbocycles. The van der Waals surface area contributed by atoms with Gasteiger partial charge in [-0.3, -0.25) is 4.79 Å². The van der Waals surface area contributed by atoms with E-state index in [-0.39, 0.29) is 11.0 Å². The highest BCUT2D eigenvalue weighted by atomic mass is 35.5. The van der Waals surface area contributed by atoms with Crippen LogP contribution in [0.15, 0.2) is 34.9 Å². The van der Waals surface area contributed by atoms with E-state index in [1.807, 2.05) is 32.0 Å². The van der Waals surface area contributed by atoms with Gasteiger partial charge in [0.2, 0.25) is 5.22 Å². The molecule has 0 aliphatic heterocycles. The van der Waals surface area contributed by atoms with Crippen LogP contribution in [0.25, 0.3) is 0 Å². The molecule has 1 aromatic heterocycles. The first-order valence-corrected chi connectivity index (χ1v) is 5.78. The number of Topliss-reactive ketones (excluding diaryl/α,β-unsaturated/α-hetero) is 1. The zero-order valence-corrected chi connectivity index (χ0v) is 10.5. The average Bonchev–Trinajstić information content (AvgIpc) is 2.70. The molecule has 0 aliphatic rings. The third-order valence-electron chi connectivity index (χ3n) is 2.90. The van der Waals surface area contributed by atoms with Crippen LogP contribution in [0.1, 0.15) is 27.0 Å². The number of hydrogen-bond donors (Lipinski definition) is 0. The number of halogens is 1. The molecule has 2 aromatic rings. The van der Waals surface area contributed by atoms with Gasteiger partial charge >= 0.3 is 0 Å². The first kappa shape index (κ1) is 11.9. The molecular weight excluding hydrogens is 236 g/mol. The van der Waals surface area contributed by atoms with Crippen LogP contribution >= 0.6 is 11.6 Å². The summed E-state index contributed by atoms with van der Waals surface area (Å²) in [6, 6.07) is 7.61. The van der Waals surface area contributed by atoms with E-state index >= 15 is 0 Å². The van der Waals surface area contributed by atoms with Gasteiger partial charge in [0.1, 0.15) is 0 Å². The van der Waals surface area contributed by atoms with Crippen molar-refractivity contribution in [1.82, 2.24) is 0 Å². The molecule has 0 radical (unpaired) electrons. The van der Waals surface area contributed by atoms with Crippen LogP contribution in [0, 0.1) is 13.8 Å². The van der Waals surface area contributed by atoms with Crippen LogP contribution in [0.2, 0.25) is 5.22 Å². The Labute approximate surface area is 105 Å². The number of furan rings is 1. The monoisotopic (exact) mass is 248 g/mol. The summed E-state index contributed by atoms with van der Waals surface area (Å²) < 4.78 is 4.93. The molecule has 0 aliphatic carbocycles. The van der Waals surface area contributed by atoms with Gasteiger partial charge < -0.3 is 4.42 Å². The summed E-state index contributed by atoms with van der Waals surface area (Å²) in [6.07, 6.45) is 1.79. The molecule has 0 spiro atoms. The van der Waals surface area contributed by atoms with E-state index in [9.17, 15) is 4.79 Å². The van der Waals surface area contributed by atoms with Gasteiger partial charge in [-0.25, -0.2) is 0 Å². The molecule has 1 aromatic carbocycles. The van der Waals surface area contributed by atoms with Crippen molar-refractivity contribution in [3.05, 3.63) is 58.0 Å². The number of rotatable bonds is 3. The minimum Gasteiger partial charge on any atom is -0.452 e. The summed E-state index contributed by atoms with van der Waals surface area (Å²) in [7, 11) is 0. The van der Waals surface area contributed by atoms with E-state index in [0.29, 0.717) is 12.0 Å². The molecular formula is C14H13ClO2. The smallest absolute Gasteiger partial charge is 0.203 e. The van der Waals surface area contributed by atoms with Gasteiger partial charge in [0.25, 0.3) is 0 Å². The van der Waals surface area contributed by atoms with E-state index in [4.69, 9.17) is 16.0 Å². The minimum atomic E-state index is -0.0128. The van der Waals surface area contributed by atoms with Crippen LogP contribution < -0.4 is 0 Å². The topological polar surface area (TPSA) is 30.2 Å². The van der Waals surface area contributed by atoms with Crippen molar-refractivity contribution in [2.45, 2.75) is 20.3 Å². The van der Waals surface area contributed by atoms with Gasteiger partial charge in [-0.1, -0.05) is 18.2 Å². The molecule has 1 heterocycles. The number of benzene rings is 1. The lowest BCUT2D eigenvalue weighted by Crippen LogP contribution is -2.05. The predicted molar refractivity (Wildman–Crippen MR) is 67.7 cm³/mol. The quantitative estimate of drug-likeness (QED) is 0.770. The third-order valence-corrected chi connectivity index (χ3v) is 3.19. The Balaban J connectivity index is 2.28. The zero-order chi connectivity index (χ0) is 12.4. The molecule has 3 heteroatoms. The number of hydrogen-bond acceptors (Lipinski definition) is 2. The SMILES string of the molecule is Cc1cccc(C)c1CC(=O)c1ccoc1Cl. The highest BCUT2D eigenvalue weighted by molar-refractivity contribution is 6.32. The first-order chi connectivity index (χ1) is 8.09. The summed E-state index contributed by atoms with van der Waals surface area (Å²) in [4.78, 5) is 12.1. The highest BCUT2D eigenvalue weighted by Gasteiger charge is 2.15. The van der Waals surface area contributed by atoms with Crippen LogP contribution in [0.5, 0.6) is 0 Å². The second-order valence-corrected chi connectivity index (χ2v) is 4.42. The van der Waals surface area contributed by atoms with E-state index in [2.05, 4.69) is 0 Å². The number of aryl methyl sites for hydroxylation is 2. The van der Waals surface area contributed by atoms with Gasteiger partial charge in [0, 0.05) is 6.42 Å². The molecule has 0 atom stereocenters. The van der Waals surface area contributed by atoms with E-state index in [0.717, 1.165) is 16.7 Å². The second-order valence-electron chi connectivity index (χ2n) is 4.08. The van der Waals surface area contributed by atoms with Crippen molar-refractivity contribution in [2.24, 2.45) is 0 Å². The van der Waals surface area contributed by atoms with Crippen molar-refractivity contribution in [3.8, 4) is 0 Å². The lowest BCUT2D eigenvalue weighted by Gasteiger charge is -2.08. The minimum absolute atomic E-state index is 0.0128. The maximum atomic E-state index is 12.1. The summed E-state index contributed by atoms with van der Waals surface area (Å²) in [5.74, 6) is -0.0128. The molecule has 0 N–H and O–H groups in total. The number of ketones is 1. The normalized spacial score (nSPS) is 10.5. The lowest BCUT2D eigenvalue weighted by molar-refractivity contribution is 0.0992. The Morgan fingerprint density at radius 2 is 1.88 bits per heavy atom.